The zero-order chi connectivity index (χ0) is 24.6. The predicted molar refractivity (Wildman–Crippen MR) is 132 cm³/mol. The van der Waals surface area contributed by atoms with E-state index in [1.54, 1.807) is 48.5 Å². The Morgan fingerprint density at radius 3 is 1.62 bits per heavy atom. The monoisotopic (exact) mass is 502 g/mol. The van der Waals surface area contributed by atoms with Crippen LogP contribution in [0.5, 0.6) is 0 Å². The van der Waals surface area contributed by atoms with E-state index in [0.717, 1.165) is 10.8 Å². The summed E-state index contributed by atoms with van der Waals surface area (Å²) in [5.74, 6) is -0.904. The molecule has 0 aliphatic carbocycles. The number of Topliss-reactive ketones (excluding diaryl/α,β-unsaturated/α-hetero) is 2. The van der Waals surface area contributed by atoms with E-state index in [0.29, 0.717) is 21.1 Å². The first kappa shape index (κ1) is 24.4. The van der Waals surface area contributed by atoms with E-state index in [9.17, 15) is 19.8 Å². The van der Waals surface area contributed by atoms with Crippen LogP contribution in [0.15, 0.2) is 48.5 Å². The van der Waals surface area contributed by atoms with Crippen LogP contribution in [0, 0.1) is 0 Å². The van der Waals surface area contributed by atoms with Crippen LogP contribution in [-0.2, 0) is 0 Å². The summed E-state index contributed by atoms with van der Waals surface area (Å²) in [4.78, 5) is 31.7. The van der Waals surface area contributed by atoms with Gasteiger partial charge in [-0.05, 0) is 48.5 Å². The first-order valence-electron chi connectivity index (χ1n) is 10.6. The average molecular weight is 503 g/mol. The number of nitrogens with one attached hydrogen (secondary N) is 2. The van der Waals surface area contributed by atoms with Crippen LogP contribution in [0.3, 0.4) is 0 Å². The van der Waals surface area contributed by atoms with Crippen molar-refractivity contribution in [1.29, 1.82) is 0 Å². The van der Waals surface area contributed by atoms with E-state index in [2.05, 4.69) is 9.97 Å². The highest BCUT2D eigenvalue weighted by Crippen LogP contribution is 2.25. The summed E-state index contributed by atoms with van der Waals surface area (Å²) in [7, 11) is 0. The number of halogens is 2. The molecule has 2 aromatic heterocycles. The highest BCUT2D eigenvalue weighted by Gasteiger charge is 2.36. The molecule has 0 saturated heterocycles. The van der Waals surface area contributed by atoms with E-state index in [4.69, 9.17) is 34.7 Å². The maximum Gasteiger partial charge on any atom is 0.195 e. The van der Waals surface area contributed by atoms with Crippen LogP contribution in [-0.4, -0.2) is 56.0 Å². The minimum atomic E-state index is -1.84. The van der Waals surface area contributed by atoms with Crippen LogP contribution in [0.4, 0.5) is 0 Å². The summed E-state index contributed by atoms with van der Waals surface area (Å²) < 4.78 is 0. The SMILES string of the molecule is NC(CC(O)(CO)CC(N)C(=O)c1cc2cc(Cl)ccc2[nH]1)C(=O)c1cc2cc(Cl)ccc2[nH]1. The molecule has 2 heterocycles. The second kappa shape index (κ2) is 9.50. The topological polar surface area (TPSA) is 158 Å². The smallest absolute Gasteiger partial charge is 0.195 e. The van der Waals surface area contributed by atoms with Crippen molar-refractivity contribution in [2.45, 2.75) is 30.5 Å². The van der Waals surface area contributed by atoms with Gasteiger partial charge in [-0.3, -0.25) is 9.59 Å². The molecule has 2 atom stereocenters. The molecule has 8 N–H and O–H groups in total. The highest BCUT2D eigenvalue weighted by atomic mass is 35.5. The Labute approximate surface area is 204 Å². The second-order valence-corrected chi connectivity index (χ2v) is 9.43. The average Bonchev–Trinajstić information content (AvgIpc) is 3.41. The van der Waals surface area contributed by atoms with Crippen molar-refractivity contribution in [3.63, 3.8) is 0 Å². The fraction of sp³-hybridized carbons (Fsp3) is 0.250. The van der Waals surface area contributed by atoms with E-state index in [1.807, 2.05) is 0 Å². The van der Waals surface area contributed by atoms with Crippen LogP contribution >= 0.6 is 23.2 Å². The molecular formula is C24H24Cl2N4O4. The zero-order valence-corrected chi connectivity index (χ0v) is 19.5. The zero-order valence-electron chi connectivity index (χ0n) is 18.0. The Balaban J connectivity index is 1.46. The molecule has 34 heavy (non-hydrogen) atoms. The number of carbonyl (C=O) groups excluding carboxylic acids is 2. The lowest BCUT2D eigenvalue weighted by atomic mass is 9.86. The van der Waals surface area contributed by atoms with Crippen molar-refractivity contribution < 1.29 is 19.8 Å². The minimum Gasteiger partial charge on any atom is -0.393 e. The van der Waals surface area contributed by atoms with Crippen molar-refractivity contribution >= 4 is 56.6 Å². The molecule has 0 fully saturated rings. The Bertz CT molecular complexity index is 1280. The van der Waals surface area contributed by atoms with E-state index in [-0.39, 0.29) is 24.2 Å². The van der Waals surface area contributed by atoms with Crippen LogP contribution in [0.1, 0.15) is 33.8 Å². The maximum absolute atomic E-state index is 12.9. The number of benzene rings is 2. The minimum absolute atomic E-state index is 0.252. The number of aliphatic hydroxyl groups is 2. The van der Waals surface area contributed by atoms with Gasteiger partial charge in [0.2, 0.25) is 0 Å². The summed E-state index contributed by atoms with van der Waals surface area (Å²) in [6.45, 7) is -0.723. The van der Waals surface area contributed by atoms with Gasteiger partial charge in [0, 0.05) is 44.7 Å². The number of fused-ring (bicyclic) bond motifs is 2. The second-order valence-electron chi connectivity index (χ2n) is 8.56. The number of nitrogens with two attached hydrogens (primary N) is 2. The highest BCUT2D eigenvalue weighted by molar-refractivity contribution is 6.31. The first-order chi connectivity index (χ1) is 16.1. The van der Waals surface area contributed by atoms with Gasteiger partial charge < -0.3 is 31.6 Å². The van der Waals surface area contributed by atoms with Gasteiger partial charge in [-0.2, -0.15) is 0 Å². The predicted octanol–water partition coefficient (Wildman–Crippen LogP) is 3.18. The van der Waals surface area contributed by atoms with Crippen molar-refractivity contribution in [1.82, 2.24) is 9.97 Å². The number of aromatic amines is 2. The van der Waals surface area contributed by atoms with Gasteiger partial charge in [-0.1, -0.05) is 23.2 Å². The van der Waals surface area contributed by atoms with Gasteiger partial charge in [0.1, 0.15) is 0 Å². The summed E-state index contributed by atoms with van der Waals surface area (Å²) in [6, 6.07) is 11.3. The Morgan fingerprint density at radius 2 is 1.24 bits per heavy atom. The molecule has 8 nitrogen and oxygen atoms in total. The van der Waals surface area contributed by atoms with Crippen molar-refractivity contribution in [2.75, 3.05) is 6.61 Å². The van der Waals surface area contributed by atoms with Crippen molar-refractivity contribution in [3.05, 3.63) is 70.0 Å². The number of ketones is 2. The molecule has 0 amide bonds. The van der Waals surface area contributed by atoms with Gasteiger partial charge in [-0.25, -0.2) is 0 Å². The third-order valence-electron chi connectivity index (χ3n) is 5.86. The lowest BCUT2D eigenvalue weighted by Crippen LogP contribution is -2.48. The van der Waals surface area contributed by atoms with Gasteiger partial charge in [-0.15, -0.1) is 0 Å². The Morgan fingerprint density at radius 1 is 0.824 bits per heavy atom. The number of aromatic nitrogens is 2. The Kier molecular flexibility index (Phi) is 6.82. The van der Waals surface area contributed by atoms with Crippen LogP contribution in [0.25, 0.3) is 21.8 Å². The lowest BCUT2D eigenvalue weighted by molar-refractivity contribution is -0.0341. The maximum atomic E-state index is 12.9. The third-order valence-corrected chi connectivity index (χ3v) is 6.33. The molecule has 4 aromatic rings. The number of aliphatic hydroxyl groups excluding tert-OH is 1. The molecule has 0 spiro atoms. The summed E-state index contributed by atoms with van der Waals surface area (Å²) in [5, 5.41) is 23.3. The van der Waals surface area contributed by atoms with Crippen molar-refractivity contribution in [3.8, 4) is 0 Å². The molecule has 0 saturated carbocycles. The molecule has 2 unspecified atom stereocenters. The van der Waals surface area contributed by atoms with Gasteiger partial charge in [0.25, 0.3) is 0 Å². The molecule has 2 aromatic carbocycles. The van der Waals surface area contributed by atoms with E-state index >= 15 is 0 Å². The van der Waals surface area contributed by atoms with E-state index < -0.39 is 35.9 Å². The van der Waals surface area contributed by atoms with Crippen molar-refractivity contribution in [2.24, 2.45) is 11.5 Å². The fourth-order valence-corrected chi connectivity index (χ4v) is 4.45. The number of carbonyl (C=O) groups is 2. The molecule has 10 heteroatoms. The number of hydrogen-bond acceptors (Lipinski definition) is 6. The van der Waals surface area contributed by atoms with Gasteiger partial charge >= 0.3 is 0 Å². The quantitative estimate of drug-likeness (QED) is 0.193. The third kappa shape index (κ3) is 5.02. The number of rotatable bonds is 9. The largest absolute Gasteiger partial charge is 0.393 e. The summed E-state index contributed by atoms with van der Waals surface area (Å²) >= 11 is 12.0. The summed E-state index contributed by atoms with van der Waals surface area (Å²) in [6.07, 6.45) is -0.580. The van der Waals surface area contributed by atoms with Crippen LogP contribution in [0.2, 0.25) is 10.0 Å². The van der Waals surface area contributed by atoms with Gasteiger partial charge in [0.05, 0.1) is 35.7 Å². The van der Waals surface area contributed by atoms with Gasteiger partial charge in [0.15, 0.2) is 11.6 Å². The standard InChI is InChI=1S/C24H24Cl2N4O4/c25-14-1-3-18-12(5-14)7-20(29-18)22(32)16(27)9-24(34,11-31)10-17(28)23(33)21-8-13-6-15(26)2-4-19(13)30-21/h1-8,16-17,29-31,34H,9-11,27-28H2. The summed E-state index contributed by atoms with van der Waals surface area (Å²) in [5.41, 5.74) is 12.2. The Hall–Kier alpha value is -2.72. The molecule has 4 rings (SSSR count). The molecular weight excluding hydrogens is 479 g/mol. The lowest BCUT2D eigenvalue weighted by Gasteiger charge is -2.30. The van der Waals surface area contributed by atoms with Crippen LogP contribution < -0.4 is 11.5 Å². The molecule has 0 aliphatic rings. The number of H-pyrrole nitrogens is 2. The van der Waals surface area contributed by atoms with E-state index in [1.165, 1.54) is 0 Å². The first-order valence-corrected chi connectivity index (χ1v) is 11.3. The normalized spacial score (nSPS) is 15.4. The number of hydrogen-bond donors (Lipinski definition) is 6. The molecule has 0 radical (unpaired) electrons. The fourth-order valence-electron chi connectivity index (χ4n) is 4.09. The molecule has 178 valence electrons. The molecule has 0 aliphatic heterocycles. The molecule has 0 bridgehead atoms.